The quantitative estimate of drug-likeness (QED) is 0.683. The fourth-order valence-electron chi connectivity index (χ4n) is 3.27. The Kier molecular flexibility index (Phi) is 12.1. The van der Waals surface area contributed by atoms with Gasteiger partial charge in [-0.1, -0.05) is 53.5 Å². The van der Waals surface area contributed by atoms with Gasteiger partial charge in [-0.05, 0) is 32.2 Å². The molecule has 0 aromatic heterocycles. The van der Waals surface area contributed by atoms with Gasteiger partial charge in [-0.3, -0.25) is 4.79 Å². The highest BCUT2D eigenvalue weighted by atomic mass is 16.2. The molecule has 0 aliphatic carbocycles. The molecule has 3 nitrogen and oxygen atoms in total. The van der Waals surface area contributed by atoms with Gasteiger partial charge in [-0.15, -0.1) is 6.58 Å². The second-order valence-corrected chi connectivity index (χ2v) is 6.70. The molecule has 0 saturated carbocycles. The summed E-state index contributed by atoms with van der Waals surface area (Å²) in [4.78, 5) is 16.8. The van der Waals surface area contributed by atoms with Crippen molar-refractivity contribution in [2.24, 2.45) is 5.92 Å². The van der Waals surface area contributed by atoms with Crippen LogP contribution in [0.1, 0.15) is 73.1 Å². The first-order valence-corrected chi connectivity index (χ1v) is 9.63. The molecule has 2 aliphatic rings. The number of allylic oxidation sites excluding steroid dienone is 1. The number of amides is 1. The van der Waals surface area contributed by atoms with Crippen LogP contribution in [-0.2, 0) is 4.79 Å². The predicted molar refractivity (Wildman–Crippen MR) is 102 cm³/mol. The fraction of sp³-hybridized carbons (Fsp3) is 0.850. The van der Waals surface area contributed by atoms with Gasteiger partial charge in [0, 0.05) is 31.6 Å². The smallest absolute Gasteiger partial charge is 0.223 e. The number of piperazine rings is 1. The first-order valence-electron chi connectivity index (χ1n) is 9.63. The van der Waals surface area contributed by atoms with E-state index in [1.54, 1.807) is 0 Å². The Hall–Kier alpha value is -0.830. The normalized spacial score (nSPS) is 24.0. The topological polar surface area (TPSA) is 23.6 Å². The van der Waals surface area contributed by atoms with Crippen molar-refractivity contribution in [3.8, 4) is 0 Å². The number of carbonyl (C=O) groups excluding carboxylic acids is 1. The van der Waals surface area contributed by atoms with E-state index in [-0.39, 0.29) is 0 Å². The number of fused-ring (bicyclic) bond motifs is 2. The highest BCUT2D eigenvalue weighted by Gasteiger charge is 2.41. The van der Waals surface area contributed by atoms with Gasteiger partial charge in [-0.25, -0.2) is 0 Å². The van der Waals surface area contributed by atoms with Gasteiger partial charge in [0.1, 0.15) is 0 Å². The van der Waals surface area contributed by atoms with E-state index in [0.717, 1.165) is 32.4 Å². The average Bonchev–Trinajstić information content (AvgIpc) is 2.82. The summed E-state index contributed by atoms with van der Waals surface area (Å²) in [5.41, 5.74) is 0. The molecular weight excluding hydrogens is 284 g/mol. The molecule has 3 unspecified atom stereocenters. The van der Waals surface area contributed by atoms with Gasteiger partial charge in [0.15, 0.2) is 0 Å². The maximum Gasteiger partial charge on any atom is 0.223 e. The molecule has 2 saturated heterocycles. The first kappa shape index (κ1) is 22.2. The molecule has 3 heteroatoms. The molecule has 0 N–H and O–H groups in total. The van der Waals surface area contributed by atoms with Gasteiger partial charge in [0.05, 0.1) is 0 Å². The Morgan fingerprint density at radius 1 is 1.22 bits per heavy atom. The number of likely N-dealkylation sites (N-methyl/N-ethyl adjacent to an activating group) is 1. The van der Waals surface area contributed by atoms with Crippen molar-refractivity contribution >= 4 is 5.91 Å². The van der Waals surface area contributed by atoms with Crippen LogP contribution < -0.4 is 0 Å². The number of likely N-dealkylation sites (tertiary alicyclic amines) is 1. The number of unbranched alkanes of at least 4 members (excludes halogenated alkanes) is 1. The molecule has 2 fully saturated rings. The molecule has 3 atom stereocenters. The summed E-state index contributed by atoms with van der Waals surface area (Å²) < 4.78 is 0. The van der Waals surface area contributed by atoms with E-state index in [0.29, 0.717) is 23.9 Å². The van der Waals surface area contributed by atoms with E-state index in [9.17, 15) is 4.79 Å². The molecule has 2 rings (SSSR count). The highest BCUT2D eigenvalue weighted by Crippen LogP contribution is 2.30. The monoisotopic (exact) mass is 324 g/mol. The third kappa shape index (κ3) is 7.52. The van der Waals surface area contributed by atoms with Crippen LogP contribution in [0.15, 0.2) is 12.7 Å². The number of rotatable bonds is 5. The van der Waals surface area contributed by atoms with E-state index in [4.69, 9.17) is 0 Å². The molecule has 2 heterocycles. The highest BCUT2D eigenvalue weighted by molar-refractivity contribution is 5.77. The molecule has 0 aromatic rings. The van der Waals surface area contributed by atoms with Crippen molar-refractivity contribution in [3.63, 3.8) is 0 Å². The molecule has 2 aliphatic heterocycles. The molecule has 1 amide bonds. The Morgan fingerprint density at radius 3 is 2.09 bits per heavy atom. The lowest BCUT2D eigenvalue weighted by atomic mass is 10.0. The minimum absolute atomic E-state index is 0.398. The third-order valence-electron chi connectivity index (χ3n) is 4.67. The molecule has 136 valence electrons. The van der Waals surface area contributed by atoms with Crippen LogP contribution in [0.5, 0.6) is 0 Å². The van der Waals surface area contributed by atoms with Gasteiger partial charge >= 0.3 is 0 Å². The van der Waals surface area contributed by atoms with Crippen molar-refractivity contribution in [1.82, 2.24) is 9.80 Å². The van der Waals surface area contributed by atoms with E-state index < -0.39 is 0 Å². The minimum Gasteiger partial charge on any atom is -0.334 e. The summed E-state index contributed by atoms with van der Waals surface area (Å²) in [5.74, 6) is 0.932. The largest absolute Gasteiger partial charge is 0.334 e. The van der Waals surface area contributed by atoms with E-state index in [1.165, 1.54) is 19.3 Å². The van der Waals surface area contributed by atoms with E-state index in [1.807, 2.05) is 19.9 Å². The van der Waals surface area contributed by atoms with Gasteiger partial charge < -0.3 is 9.80 Å². The fourth-order valence-corrected chi connectivity index (χ4v) is 3.27. The summed E-state index contributed by atoms with van der Waals surface area (Å²) in [6.07, 6.45) is 8.58. The second-order valence-electron chi connectivity index (χ2n) is 6.70. The summed E-state index contributed by atoms with van der Waals surface area (Å²) in [6, 6.07) is 1.00. The Morgan fingerprint density at radius 2 is 1.74 bits per heavy atom. The summed E-state index contributed by atoms with van der Waals surface area (Å²) >= 11 is 0. The zero-order valence-electron chi connectivity index (χ0n) is 16.5. The lowest BCUT2D eigenvalue weighted by Gasteiger charge is -2.40. The van der Waals surface area contributed by atoms with Crippen molar-refractivity contribution in [3.05, 3.63) is 12.7 Å². The van der Waals surface area contributed by atoms with Crippen LogP contribution in [0.3, 0.4) is 0 Å². The standard InChI is InChI=1S/C13H24N2O.C5H10.C2H6/c1-4-10(2)7-13(16)15-11-5-6-12(15)9-14(3)8-11;1-3-5-4-2;1-2/h10-12H,4-9H2,1-3H3;3H,1,4-5H2,2H3;1-2H3. The van der Waals surface area contributed by atoms with Crippen LogP contribution in [0.25, 0.3) is 0 Å². The maximum absolute atomic E-state index is 12.2. The lowest BCUT2D eigenvalue weighted by molar-refractivity contribution is -0.137. The van der Waals surface area contributed by atoms with Crippen molar-refractivity contribution in [2.45, 2.75) is 85.2 Å². The summed E-state index contributed by atoms with van der Waals surface area (Å²) in [6.45, 7) is 16.2. The Bertz CT molecular complexity index is 316. The summed E-state index contributed by atoms with van der Waals surface area (Å²) in [7, 11) is 2.17. The molecule has 2 bridgehead atoms. The first-order chi connectivity index (χ1) is 11.0. The molecule has 0 aromatic carbocycles. The number of carbonyl (C=O) groups is 1. The number of hydrogen-bond donors (Lipinski definition) is 0. The van der Waals surface area contributed by atoms with Crippen LogP contribution >= 0.6 is 0 Å². The zero-order valence-corrected chi connectivity index (χ0v) is 16.5. The average molecular weight is 325 g/mol. The van der Waals surface area contributed by atoms with Crippen molar-refractivity contribution < 1.29 is 4.79 Å². The van der Waals surface area contributed by atoms with Crippen molar-refractivity contribution in [1.29, 1.82) is 0 Å². The third-order valence-corrected chi connectivity index (χ3v) is 4.67. The zero-order chi connectivity index (χ0) is 17.8. The van der Waals surface area contributed by atoms with E-state index >= 15 is 0 Å². The van der Waals surface area contributed by atoms with Crippen LogP contribution in [0.4, 0.5) is 0 Å². The van der Waals surface area contributed by atoms with Crippen LogP contribution in [-0.4, -0.2) is 47.9 Å². The molecular formula is C20H40N2O. The molecule has 23 heavy (non-hydrogen) atoms. The van der Waals surface area contributed by atoms with Crippen LogP contribution in [0, 0.1) is 5.92 Å². The summed E-state index contributed by atoms with van der Waals surface area (Å²) in [5, 5.41) is 0. The number of hydrogen-bond acceptors (Lipinski definition) is 2. The number of nitrogens with zero attached hydrogens (tertiary/aromatic N) is 2. The minimum atomic E-state index is 0.398. The SMILES string of the molecule is C=CCCC.CC.CCC(C)CC(=O)N1C2CCC1CN(C)C2. The lowest BCUT2D eigenvalue weighted by Crippen LogP contribution is -2.54. The van der Waals surface area contributed by atoms with Gasteiger partial charge in [0.2, 0.25) is 5.91 Å². The van der Waals surface area contributed by atoms with E-state index in [2.05, 4.69) is 44.2 Å². The van der Waals surface area contributed by atoms with Crippen LogP contribution in [0.2, 0.25) is 0 Å². The van der Waals surface area contributed by atoms with Crippen molar-refractivity contribution in [2.75, 3.05) is 20.1 Å². The molecule has 0 radical (unpaired) electrons. The predicted octanol–water partition coefficient (Wildman–Crippen LogP) is 4.73. The Balaban J connectivity index is 0.000000594. The van der Waals surface area contributed by atoms with Gasteiger partial charge in [-0.2, -0.15) is 0 Å². The maximum atomic E-state index is 12.2. The Labute approximate surface area is 145 Å². The second kappa shape index (κ2) is 12.6. The molecule has 0 spiro atoms. The van der Waals surface area contributed by atoms with Gasteiger partial charge in [0.25, 0.3) is 0 Å².